The Morgan fingerprint density at radius 3 is 2.90 bits per heavy atom. The molecule has 0 radical (unpaired) electrons. The van der Waals surface area contributed by atoms with Crippen molar-refractivity contribution in [3.05, 3.63) is 29.3 Å². The first-order chi connectivity index (χ1) is 9.93. The maximum absolute atomic E-state index is 12.0. The Bertz CT molecular complexity index is 564. The summed E-state index contributed by atoms with van der Waals surface area (Å²) in [5, 5.41) is 0. The van der Waals surface area contributed by atoms with Crippen molar-refractivity contribution in [1.82, 2.24) is 4.90 Å². The second-order valence-corrected chi connectivity index (χ2v) is 7.03. The number of likely N-dealkylation sites (N-methyl/N-ethyl adjacent to an activating group) is 1. The van der Waals surface area contributed by atoms with Gasteiger partial charge in [0.15, 0.2) is 0 Å². The molecule has 0 saturated heterocycles. The Labute approximate surface area is 127 Å². The van der Waals surface area contributed by atoms with Gasteiger partial charge in [-0.2, -0.15) is 0 Å². The zero-order valence-electron chi connectivity index (χ0n) is 13.5. The monoisotopic (exact) mass is 287 g/mol. The molecule has 2 aliphatic rings. The third-order valence-corrected chi connectivity index (χ3v) is 4.67. The van der Waals surface area contributed by atoms with Gasteiger partial charge in [0.25, 0.3) is 0 Å². The molecule has 1 aliphatic carbocycles. The summed E-state index contributed by atoms with van der Waals surface area (Å²) < 4.78 is 6.01. The summed E-state index contributed by atoms with van der Waals surface area (Å²) in [6, 6.07) is 6.74. The van der Waals surface area contributed by atoms with E-state index < -0.39 is 0 Å². The molecule has 3 rings (SSSR count). The smallest absolute Gasteiger partial charge is 0.222 e. The topological polar surface area (TPSA) is 29.5 Å². The average Bonchev–Trinajstić information content (AvgIpc) is 3.13. The molecule has 1 heterocycles. The summed E-state index contributed by atoms with van der Waals surface area (Å²) in [6.45, 7) is 6.33. The van der Waals surface area contributed by atoms with E-state index in [1.54, 1.807) is 0 Å². The molecule has 0 aromatic heterocycles. The number of hydrogen-bond donors (Lipinski definition) is 0. The lowest BCUT2D eigenvalue weighted by Gasteiger charge is -2.17. The molecule has 1 aliphatic heterocycles. The molecule has 2 atom stereocenters. The molecule has 1 aromatic carbocycles. The van der Waals surface area contributed by atoms with Crippen LogP contribution in [-0.2, 0) is 11.2 Å². The highest BCUT2D eigenvalue weighted by Crippen LogP contribution is 2.49. The van der Waals surface area contributed by atoms with E-state index in [0.29, 0.717) is 18.4 Å². The Kier molecular flexibility index (Phi) is 3.46. The van der Waals surface area contributed by atoms with Crippen molar-refractivity contribution in [2.75, 3.05) is 7.05 Å². The van der Waals surface area contributed by atoms with Crippen LogP contribution in [0.5, 0.6) is 5.75 Å². The lowest BCUT2D eigenvalue weighted by Crippen LogP contribution is -2.29. The standard InChI is InChI=1S/C18H25NO2/c1-5-7-17(20)19(4)15-10-13(15)12-8-6-9-16-14(12)11-18(2,3)21-16/h6,8-9,13,15H,5,7,10-11H2,1-4H3. The van der Waals surface area contributed by atoms with Gasteiger partial charge in [0.2, 0.25) is 5.91 Å². The molecule has 3 heteroatoms. The highest BCUT2D eigenvalue weighted by molar-refractivity contribution is 5.76. The number of nitrogens with zero attached hydrogens (tertiary/aromatic N) is 1. The molecule has 0 spiro atoms. The summed E-state index contributed by atoms with van der Waals surface area (Å²) in [5.41, 5.74) is 2.64. The summed E-state index contributed by atoms with van der Waals surface area (Å²) in [6.07, 6.45) is 3.63. The van der Waals surface area contributed by atoms with E-state index in [2.05, 4.69) is 39.0 Å². The van der Waals surface area contributed by atoms with Crippen LogP contribution in [-0.4, -0.2) is 29.5 Å². The molecule has 21 heavy (non-hydrogen) atoms. The first-order valence-electron chi connectivity index (χ1n) is 7.99. The van der Waals surface area contributed by atoms with Crippen LogP contribution < -0.4 is 4.74 Å². The highest BCUT2D eigenvalue weighted by Gasteiger charge is 2.45. The quantitative estimate of drug-likeness (QED) is 0.848. The van der Waals surface area contributed by atoms with Gasteiger partial charge >= 0.3 is 0 Å². The molecular formula is C18H25NO2. The fourth-order valence-corrected chi connectivity index (χ4v) is 3.49. The van der Waals surface area contributed by atoms with E-state index in [1.165, 1.54) is 11.1 Å². The number of hydrogen-bond acceptors (Lipinski definition) is 2. The van der Waals surface area contributed by atoms with Crippen molar-refractivity contribution in [2.24, 2.45) is 0 Å². The van der Waals surface area contributed by atoms with Crippen LogP contribution in [0.25, 0.3) is 0 Å². The van der Waals surface area contributed by atoms with Crippen LogP contribution in [0.15, 0.2) is 18.2 Å². The lowest BCUT2D eigenvalue weighted by molar-refractivity contribution is -0.130. The normalized spacial score (nSPS) is 25.1. The maximum Gasteiger partial charge on any atom is 0.222 e. The summed E-state index contributed by atoms with van der Waals surface area (Å²) >= 11 is 0. The predicted octanol–water partition coefficient (Wildman–Crippen LogP) is 3.51. The van der Waals surface area contributed by atoms with Crippen LogP contribution in [0, 0.1) is 0 Å². The summed E-state index contributed by atoms with van der Waals surface area (Å²) in [5.74, 6) is 1.79. The van der Waals surface area contributed by atoms with Crippen LogP contribution in [0.3, 0.4) is 0 Å². The molecule has 2 unspecified atom stereocenters. The van der Waals surface area contributed by atoms with Gasteiger partial charge in [0, 0.05) is 37.4 Å². The Hall–Kier alpha value is -1.51. The van der Waals surface area contributed by atoms with Crippen molar-refractivity contribution in [2.45, 2.75) is 64.0 Å². The van der Waals surface area contributed by atoms with Gasteiger partial charge in [-0.3, -0.25) is 4.79 Å². The third kappa shape index (κ3) is 2.66. The Morgan fingerprint density at radius 2 is 2.19 bits per heavy atom. The van der Waals surface area contributed by atoms with Crippen molar-refractivity contribution in [3.8, 4) is 5.75 Å². The number of fused-ring (bicyclic) bond motifs is 1. The van der Waals surface area contributed by atoms with Crippen LogP contribution in [0.4, 0.5) is 0 Å². The Morgan fingerprint density at radius 1 is 1.43 bits per heavy atom. The first kappa shape index (κ1) is 14.4. The first-order valence-corrected chi connectivity index (χ1v) is 7.99. The van der Waals surface area contributed by atoms with E-state index in [4.69, 9.17) is 4.74 Å². The molecule has 0 bridgehead atoms. The van der Waals surface area contributed by atoms with E-state index in [0.717, 1.165) is 25.0 Å². The van der Waals surface area contributed by atoms with E-state index in [9.17, 15) is 4.79 Å². The molecule has 1 amide bonds. The minimum Gasteiger partial charge on any atom is -0.487 e. The van der Waals surface area contributed by atoms with E-state index in [-0.39, 0.29) is 11.5 Å². The van der Waals surface area contributed by atoms with Crippen LogP contribution in [0.2, 0.25) is 0 Å². The molecule has 0 N–H and O–H groups in total. The summed E-state index contributed by atoms with van der Waals surface area (Å²) in [7, 11) is 1.95. The summed E-state index contributed by atoms with van der Waals surface area (Å²) in [4.78, 5) is 14.0. The largest absolute Gasteiger partial charge is 0.487 e. The van der Waals surface area contributed by atoms with Crippen molar-refractivity contribution in [1.29, 1.82) is 0 Å². The van der Waals surface area contributed by atoms with Gasteiger partial charge in [-0.05, 0) is 38.3 Å². The number of amides is 1. The molecular weight excluding hydrogens is 262 g/mol. The molecule has 1 aromatic rings. The zero-order chi connectivity index (χ0) is 15.2. The van der Waals surface area contributed by atoms with Crippen molar-refractivity contribution >= 4 is 5.91 Å². The second-order valence-electron chi connectivity index (χ2n) is 7.03. The average molecular weight is 287 g/mol. The number of ether oxygens (including phenoxy) is 1. The van der Waals surface area contributed by atoms with Crippen molar-refractivity contribution in [3.63, 3.8) is 0 Å². The Balaban J connectivity index is 1.77. The maximum atomic E-state index is 12.0. The molecule has 114 valence electrons. The fraction of sp³-hybridized carbons (Fsp3) is 0.611. The van der Waals surface area contributed by atoms with E-state index in [1.807, 2.05) is 11.9 Å². The molecule has 1 fully saturated rings. The van der Waals surface area contributed by atoms with Gasteiger partial charge in [-0.15, -0.1) is 0 Å². The van der Waals surface area contributed by atoms with E-state index >= 15 is 0 Å². The SMILES string of the molecule is CCCC(=O)N(C)C1CC1c1cccc2c1CC(C)(C)O2. The number of carbonyl (C=O) groups is 1. The van der Waals surface area contributed by atoms with Crippen molar-refractivity contribution < 1.29 is 9.53 Å². The van der Waals surface area contributed by atoms with Gasteiger partial charge in [-0.25, -0.2) is 0 Å². The second kappa shape index (κ2) is 5.04. The van der Waals surface area contributed by atoms with Gasteiger partial charge in [0.1, 0.15) is 11.4 Å². The molecule has 1 saturated carbocycles. The van der Waals surface area contributed by atoms with Gasteiger partial charge in [-0.1, -0.05) is 19.1 Å². The third-order valence-electron chi connectivity index (χ3n) is 4.67. The number of rotatable bonds is 4. The fourth-order valence-electron chi connectivity index (χ4n) is 3.49. The minimum atomic E-state index is -0.104. The van der Waals surface area contributed by atoms with Gasteiger partial charge in [0.05, 0.1) is 0 Å². The number of benzene rings is 1. The van der Waals surface area contributed by atoms with Crippen LogP contribution in [0.1, 0.15) is 57.1 Å². The minimum absolute atomic E-state index is 0.104. The zero-order valence-corrected chi connectivity index (χ0v) is 13.5. The lowest BCUT2D eigenvalue weighted by atomic mass is 9.95. The predicted molar refractivity (Wildman–Crippen MR) is 83.7 cm³/mol. The van der Waals surface area contributed by atoms with Crippen LogP contribution >= 0.6 is 0 Å². The molecule has 3 nitrogen and oxygen atoms in total. The van der Waals surface area contributed by atoms with Gasteiger partial charge < -0.3 is 9.64 Å². The highest BCUT2D eigenvalue weighted by atomic mass is 16.5. The number of carbonyl (C=O) groups excluding carboxylic acids is 1.